The van der Waals surface area contributed by atoms with E-state index in [1.54, 1.807) is 0 Å². The van der Waals surface area contributed by atoms with Crippen molar-refractivity contribution in [1.82, 2.24) is 5.32 Å². The van der Waals surface area contributed by atoms with Crippen molar-refractivity contribution in [2.45, 2.75) is 32.2 Å². The van der Waals surface area contributed by atoms with Gasteiger partial charge in [0.2, 0.25) is 5.91 Å². The Balaban J connectivity index is 2.46. The largest absolute Gasteiger partial charge is 0.396 e. The van der Waals surface area contributed by atoms with Crippen LogP contribution in [-0.4, -0.2) is 17.6 Å². The molecule has 0 heterocycles. The number of unbranched alkanes of at least 4 members (excludes halogenated alkanes) is 1. The van der Waals surface area contributed by atoms with Crippen molar-refractivity contribution in [3.8, 4) is 0 Å². The molecule has 3 nitrogen and oxygen atoms in total. The highest BCUT2D eigenvalue weighted by molar-refractivity contribution is 9.10. The molecule has 1 unspecified atom stereocenters. The highest BCUT2D eigenvalue weighted by atomic mass is 79.9. The van der Waals surface area contributed by atoms with E-state index in [9.17, 15) is 4.79 Å². The third kappa shape index (κ3) is 4.88. The number of amides is 1. The minimum Gasteiger partial charge on any atom is -0.396 e. The van der Waals surface area contributed by atoms with Gasteiger partial charge < -0.3 is 10.4 Å². The number of benzene rings is 1. The normalized spacial score (nSPS) is 12.2. The molecule has 0 spiro atoms. The van der Waals surface area contributed by atoms with Crippen molar-refractivity contribution < 1.29 is 9.90 Å². The quantitative estimate of drug-likeness (QED) is 0.794. The van der Waals surface area contributed by atoms with Gasteiger partial charge in [-0.1, -0.05) is 34.1 Å². The molecule has 1 aromatic rings. The molecule has 0 bridgehead atoms. The summed E-state index contributed by atoms with van der Waals surface area (Å²) in [5, 5.41) is 11.6. The van der Waals surface area contributed by atoms with Gasteiger partial charge in [-0.2, -0.15) is 0 Å². The van der Waals surface area contributed by atoms with Gasteiger partial charge in [0.1, 0.15) is 0 Å². The smallest absolute Gasteiger partial charge is 0.220 e. The van der Waals surface area contributed by atoms with Crippen LogP contribution in [0.2, 0.25) is 0 Å². The molecule has 1 aromatic carbocycles. The number of hydrogen-bond acceptors (Lipinski definition) is 2. The molecule has 1 rings (SSSR count). The minimum atomic E-state index is -0.00722. The van der Waals surface area contributed by atoms with Crippen molar-refractivity contribution >= 4 is 21.8 Å². The molecule has 2 N–H and O–H groups in total. The van der Waals surface area contributed by atoms with E-state index in [-0.39, 0.29) is 18.6 Å². The summed E-state index contributed by atoms with van der Waals surface area (Å²) in [4.78, 5) is 11.6. The fourth-order valence-corrected chi connectivity index (χ4v) is 2.24. The monoisotopic (exact) mass is 299 g/mol. The Morgan fingerprint density at radius 1 is 1.41 bits per heavy atom. The molecular formula is C13H18BrNO2. The summed E-state index contributed by atoms with van der Waals surface area (Å²) in [6.07, 6.45) is 1.87. The molecule has 4 heteroatoms. The maximum absolute atomic E-state index is 11.6. The maximum atomic E-state index is 11.6. The van der Waals surface area contributed by atoms with Crippen LogP contribution in [0.3, 0.4) is 0 Å². The average Bonchev–Trinajstić information content (AvgIpc) is 2.29. The fraction of sp³-hybridized carbons (Fsp3) is 0.462. The van der Waals surface area contributed by atoms with E-state index in [1.165, 1.54) is 0 Å². The lowest BCUT2D eigenvalue weighted by molar-refractivity contribution is -0.121. The van der Waals surface area contributed by atoms with Crippen LogP contribution in [0.25, 0.3) is 0 Å². The number of hydrogen-bond donors (Lipinski definition) is 2. The van der Waals surface area contributed by atoms with E-state index in [0.717, 1.165) is 16.5 Å². The van der Waals surface area contributed by atoms with Crippen LogP contribution in [0.5, 0.6) is 0 Å². The Morgan fingerprint density at radius 3 is 2.76 bits per heavy atom. The molecule has 0 fully saturated rings. The summed E-state index contributed by atoms with van der Waals surface area (Å²) < 4.78 is 1.00. The first-order valence-corrected chi connectivity index (χ1v) is 6.59. The van der Waals surface area contributed by atoms with Gasteiger partial charge in [-0.3, -0.25) is 4.79 Å². The van der Waals surface area contributed by atoms with Crippen molar-refractivity contribution in [3.05, 3.63) is 34.3 Å². The predicted octanol–water partition coefficient (Wildman–Crippen LogP) is 2.79. The molecule has 0 saturated heterocycles. The molecule has 0 saturated carbocycles. The maximum Gasteiger partial charge on any atom is 0.220 e. The molecule has 0 aliphatic heterocycles. The predicted molar refractivity (Wildman–Crippen MR) is 71.6 cm³/mol. The lowest BCUT2D eigenvalue weighted by Gasteiger charge is -2.15. The first-order valence-electron chi connectivity index (χ1n) is 5.79. The topological polar surface area (TPSA) is 49.3 Å². The standard InChI is InChI=1S/C13H18BrNO2/c1-10(11-6-2-3-7-12(11)14)15-13(17)8-4-5-9-16/h2-3,6-7,10,16H,4-5,8-9H2,1H3,(H,15,17). The Morgan fingerprint density at radius 2 is 2.12 bits per heavy atom. The summed E-state index contributed by atoms with van der Waals surface area (Å²) in [6, 6.07) is 7.84. The number of rotatable bonds is 6. The van der Waals surface area contributed by atoms with Gasteiger partial charge >= 0.3 is 0 Å². The van der Waals surface area contributed by atoms with E-state index >= 15 is 0 Å². The average molecular weight is 300 g/mol. The van der Waals surface area contributed by atoms with Crippen LogP contribution >= 0.6 is 15.9 Å². The summed E-state index contributed by atoms with van der Waals surface area (Å²) in [7, 11) is 0. The van der Waals surface area contributed by atoms with Crippen LogP contribution in [0.1, 0.15) is 37.8 Å². The Labute approximate surface area is 110 Å². The van der Waals surface area contributed by atoms with E-state index < -0.39 is 0 Å². The Bertz CT molecular complexity index is 368. The lowest BCUT2D eigenvalue weighted by atomic mass is 10.1. The number of carbonyl (C=O) groups is 1. The van der Waals surface area contributed by atoms with Crippen molar-refractivity contribution in [2.24, 2.45) is 0 Å². The molecule has 1 atom stereocenters. The Hall–Kier alpha value is -0.870. The second-order valence-corrected chi connectivity index (χ2v) is 4.85. The van der Waals surface area contributed by atoms with Crippen molar-refractivity contribution in [1.29, 1.82) is 0 Å². The highest BCUT2D eigenvalue weighted by Crippen LogP contribution is 2.22. The second-order valence-electron chi connectivity index (χ2n) is 3.99. The van der Waals surface area contributed by atoms with Gasteiger partial charge in [-0.05, 0) is 31.4 Å². The molecule has 0 aromatic heterocycles. The molecule has 0 radical (unpaired) electrons. The Kier molecular flexibility index (Phi) is 6.22. The second kappa shape index (κ2) is 7.45. The number of halogens is 1. The van der Waals surface area contributed by atoms with Gasteiger partial charge in [0.25, 0.3) is 0 Å². The van der Waals surface area contributed by atoms with Crippen LogP contribution in [0.4, 0.5) is 0 Å². The van der Waals surface area contributed by atoms with Gasteiger partial charge in [0, 0.05) is 17.5 Å². The number of carbonyl (C=O) groups excluding carboxylic acids is 1. The van der Waals surface area contributed by atoms with Crippen LogP contribution in [0, 0.1) is 0 Å². The van der Waals surface area contributed by atoms with Crippen LogP contribution in [0.15, 0.2) is 28.7 Å². The first kappa shape index (κ1) is 14.2. The molecule has 94 valence electrons. The molecular weight excluding hydrogens is 282 g/mol. The SMILES string of the molecule is CC(NC(=O)CCCCO)c1ccccc1Br. The van der Waals surface area contributed by atoms with E-state index in [4.69, 9.17) is 5.11 Å². The van der Waals surface area contributed by atoms with Crippen LogP contribution in [-0.2, 0) is 4.79 Å². The van der Waals surface area contributed by atoms with E-state index in [0.29, 0.717) is 12.8 Å². The summed E-state index contributed by atoms with van der Waals surface area (Å²) in [5.74, 6) is 0.0294. The van der Waals surface area contributed by atoms with Gasteiger partial charge in [0.05, 0.1) is 6.04 Å². The third-order valence-corrected chi connectivity index (χ3v) is 3.28. The summed E-state index contributed by atoms with van der Waals surface area (Å²) in [6.45, 7) is 2.11. The zero-order chi connectivity index (χ0) is 12.7. The molecule has 0 aliphatic carbocycles. The van der Waals surface area contributed by atoms with Crippen molar-refractivity contribution in [2.75, 3.05) is 6.61 Å². The van der Waals surface area contributed by atoms with Gasteiger partial charge in [0.15, 0.2) is 0 Å². The molecule has 0 aliphatic rings. The van der Waals surface area contributed by atoms with E-state index in [2.05, 4.69) is 21.2 Å². The summed E-state index contributed by atoms with van der Waals surface area (Å²) >= 11 is 3.47. The number of aliphatic hydroxyl groups is 1. The zero-order valence-electron chi connectivity index (χ0n) is 9.95. The summed E-state index contributed by atoms with van der Waals surface area (Å²) in [5.41, 5.74) is 1.07. The van der Waals surface area contributed by atoms with Crippen LogP contribution < -0.4 is 5.32 Å². The third-order valence-electron chi connectivity index (χ3n) is 2.56. The minimum absolute atomic E-state index is 0.00722. The number of nitrogens with one attached hydrogen (secondary N) is 1. The van der Waals surface area contributed by atoms with E-state index in [1.807, 2.05) is 31.2 Å². The lowest BCUT2D eigenvalue weighted by Crippen LogP contribution is -2.26. The zero-order valence-corrected chi connectivity index (χ0v) is 11.5. The van der Waals surface area contributed by atoms with Crippen molar-refractivity contribution in [3.63, 3.8) is 0 Å². The fourth-order valence-electron chi connectivity index (χ4n) is 1.62. The van der Waals surface area contributed by atoms with Gasteiger partial charge in [-0.25, -0.2) is 0 Å². The van der Waals surface area contributed by atoms with Gasteiger partial charge in [-0.15, -0.1) is 0 Å². The number of aliphatic hydroxyl groups excluding tert-OH is 1. The molecule has 17 heavy (non-hydrogen) atoms. The first-order chi connectivity index (χ1) is 8.15. The highest BCUT2D eigenvalue weighted by Gasteiger charge is 2.11. The molecule has 1 amide bonds.